The number of carbonyl (C=O) groups is 4. The van der Waals surface area contributed by atoms with Gasteiger partial charge in [0.2, 0.25) is 11.8 Å². The number of aliphatic imine (C=N–C) groups is 1. The van der Waals surface area contributed by atoms with E-state index in [1.807, 2.05) is 0 Å². The first kappa shape index (κ1) is 44.9. The molecule has 2 aliphatic heterocycles. The van der Waals surface area contributed by atoms with E-state index in [2.05, 4.69) is 15.6 Å². The van der Waals surface area contributed by atoms with Gasteiger partial charge in [0, 0.05) is 31.3 Å². The molecular weight excluding hydrogens is 852 g/mol. The van der Waals surface area contributed by atoms with Crippen molar-refractivity contribution in [2.45, 2.75) is 37.8 Å². The third kappa shape index (κ3) is 9.95. The Morgan fingerprint density at radius 3 is 2.37 bits per heavy atom. The predicted molar refractivity (Wildman–Crippen MR) is 213 cm³/mol. The van der Waals surface area contributed by atoms with Crippen LogP contribution in [0.5, 0.6) is 17.2 Å². The number of benzene rings is 4. The van der Waals surface area contributed by atoms with Crippen molar-refractivity contribution in [3.8, 4) is 28.4 Å². The quantitative estimate of drug-likeness (QED) is 0.0418. The second-order valence-electron chi connectivity index (χ2n) is 13.7. The number of fused-ring (bicyclic) bond motifs is 1. The topological polar surface area (TPSA) is 182 Å². The van der Waals surface area contributed by atoms with E-state index in [0.717, 1.165) is 18.0 Å². The minimum Gasteiger partial charge on any atom is -0.506 e. The normalized spacial score (nSPS) is 16.1. The van der Waals surface area contributed by atoms with Crippen LogP contribution in [0.2, 0.25) is 5.02 Å². The number of ether oxygens (including phenoxy) is 3. The number of phenols is 1. The van der Waals surface area contributed by atoms with Crippen LogP contribution in [0.1, 0.15) is 50.2 Å². The lowest BCUT2D eigenvalue weighted by Gasteiger charge is -2.27. The number of piperidine rings is 1. The largest absolute Gasteiger partial charge is 0.506 e. The van der Waals surface area contributed by atoms with Gasteiger partial charge in [0.15, 0.2) is 0 Å². The average molecular weight is 888 g/mol. The lowest BCUT2D eigenvalue weighted by atomic mass is 9.96. The number of amides is 4. The lowest BCUT2D eigenvalue weighted by Crippen LogP contribution is -2.54. The summed E-state index contributed by atoms with van der Waals surface area (Å²) in [6.07, 6.45) is -9.27. The molecule has 0 aliphatic carbocycles. The van der Waals surface area contributed by atoms with Crippen LogP contribution in [0.4, 0.5) is 32.0 Å². The van der Waals surface area contributed by atoms with Gasteiger partial charge >= 0.3 is 12.4 Å². The van der Waals surface area contributed by atoms with Gasteiger partial charge in [-0.25, -0.2) is 0 Å². The SMILES string of the molecule is CN=C(C=C(N)C(F)(F)F)c1ccc(OCc2ccc(OCCOCCNc3cccc4c3C(=O)N(C3CCC(=O)NC3=O)C4=O)cc2)c(-c2ccc(Cl)c(C(F)(F)F)c2)c1O. The Morgan fingerprint density at radius 1 is 0.952 bits per heavy atom. The van der Waals surface area contributed by atoms with Crippen LogP contribution >= 0.6 is 11.6 Å². The summed E-state index contributed by atoms with van der Waals surface area (Å²) in [5, 5.41) is 16.0. The zero-order valence-electron chi connectivity index (χ0n) is 32.5. The summed E-state index contributed by atoms with van der Waals surface area (Å²) < 4.78 is 98.5. The minimum atomic E-state index is -4.92. The van der Waals surface area contributed by atoms with Crippen molar-refractivity contribution < 1.29 is 64.8 Å². The second kappa shape index (κ2) is 18.6. The molecule has 1 atom stereocenters. The molecule has 1 saturated heterocycles. The molecule has 62 heavy (non-hydrogen) atoms. The van der Waals surface area contributed by atoms with Crippen molar-refractivity contribution >= 4 is 46.6 Å². The molecule has 1 fully saturated rings. The number of phenolic OH excluding ortho intramolecular Hbond substituents is 1. The van der Waals surface area contributed by atoms with Crippen molar-refractivity contribution in [3.05, 3.63) is 117 Å². The number of hydrogen-bond acceptors (Lipinski definition) is 11. The minimum absolute atomic E-state index is 0.00497. The van der Waals surface area contributed by atoms with Gasteiger partial charge in [0.05, 0.1) is 46.2 Å². The van der Waals surface area contributed by atoms with Gasteiger partial charge < -0.3 is 30.4 Å². The molecule has 0 bridgehead atoms. The molecule has 5 N–H and O–H groups in total. The Morgan fingerprint density at radius 2 is 1.69 bits per heavy atom. The molecule has 13 nitrogen and oxygen atoms in total. The van der Waals surface area contributed by atoms with Crippen molar-refractivity contribution in [2.75, 3.05) is 38.7 Å². The Hall–Kier alpha value is -6.60. The van der Waals surface area contributed by atoms with Gasteiger partial charge in [-0.1, -0.05) is 35.9 Å². The number of aromatic hydroxyl groups is 1. The zero-order chi connectivity index (χ0) is 44.9. The molecular formula is C42H36ClF6N5O8. The first-order valence-electron chi connectivity index (χ1n) is 18.6. The van der Waals surface area contributed by atoms with Crippen LogP contribution < -0.4 is 25.8 Å². The van der Waals surface area contributed by atoms with E-state index in [1.165, 1.54) is 24.3 Å². The maximum absolute atomic E-state index is 13.8. The molecule has 4 aromatic carbocycles. The van der Waals surface area contributed by atoms with E-state index in [0.29, 0.717) is 29.1 Å². The highest BCUT2D eigenvalue weighted by Gasteiger charge is 2.45. The number of halogens is 7. The zero-order valence-corrected chi connectivity index (χ0v) is 33.2. The van der Waals surface area contributed by atoms with E-state index < -0.39 is 69.8 Å². The van der Waals surface area contributed by atoms with Crippen LogP contribution in [-0.2, 0) is 27.1 Å². The summed E-state index contributed by atoms with van der Waals surface area (Å²) in [6.45, 7) is 0.613. The fourth-order valence-electron chi connectivity index (χ4n) is 6.65. The van der Waals surface area contributed by atoms with Gasteiger partial charge in [-0.15, -0.1) is 0 Å². The Kier molecular flexibility index (Phi) is 13.5. The van der Waals surface area contributed by atoms with Crippen molar-refractivity contribution in [1.29, 1.82) is 0 Å². The second-order valence-corrected chi connectivity index (χ2v) is 14.1. The van der Waals surface area contributed by atoms with Crippen molar-refractivity contribution in [3.63, 3.8) is 0 Å². The number of anilines is 1. The van der Waals surface area contributed by atoms with Gasteiger partial charge in [-0.2, -0.15) is 26.3 Å². The number of nitrogens with one attached hydrogen (secondary N) is 2. The molecule has 2 heterocycles. The molecule has 1 unspecified atom stereocenters. The molecule has 20 heteroatoms. The third-order valence-corrected chi connectivity index (χ3v) is 10.0. The smallest absolute Gasteiger partial charge is 0.430 e. The highest BCUT2D eigenvalue weighted by molar-refractivity contribution is 6.31. The molecule has 6 rings (SSSR count). The number of carbonyl (C=O) groups excluding carboxylic acids is 4. The number of nitrogens with two attached hydrogens (primary N) is 1. The molecule has 0 spiro atoms. The molecule has 0 saturated carbocycles. The van der Waals surface area contributed by atoms with E-state index in [4.69, 9.17) is 31.5 Å². The van der Waals surface area contributed by atoms with E-state index >= 15 is 0 Å². The van der Waals surface area contributed by atoms with Gasteiger partial charge in [-0.05, 0) is 72.2 Å². The number of hydrogen-bond donors (Lipinski definition) is 4. The maximum atomic E-state index is 13.8. The number of imide groups is 2. The maximum Gasteiger partial charge on any atom is 0.430 e. The summed E-state index contributed by atoms with van der Waals surface area (Å²) >= 11 is 5.82. The van der Waals surface area contributed by atoms with E-state index in [-0.39, 0.29) is 79.4 Å². The van der Waals surface area contributed by atoms with Crippen LogP contribution in [0.3, 0.4) is 0 Å². The van der Waals surface area contributed by atoms with E-state index in [1.54, 1.807) is 36.4 Å². The summed E-state index contributed by atoms with van der Waals surface area (Å²) in [7, 11) is 1.15. The summed E-state index contributed by atoms with van der Waals surface area (Å²) in [5.41, 5.74) is 2.52. The fraction of sp³-hybridized carbons (Fsp3) is 0.262. The van der Waals surface area contributed by atoms with Crippen molar-refractivity contribution in [1.82, 2.24) is 10.2 Å². The Labute approximate surface area is 354 Å². The fourth-order valence-corrected chi connectivity index (χ4v) is 6.88. The number of nitrogens with zero attached hydrogens (tertiary/aromatic N) is 2. The third-order valence-electron chi connectivity index (χ3n) is 9.68. The number of allylic oxidation sites excluding steroid dienone is 2. The van der Waals surface area contributed by atoms with Crippen LogP contribution in [0.25, 0.3) is 11.1 Å². The number of alkyl halides is 6. The lowest BCUT2D eigenvalue weighted by molar-refractivity contribution is -0.138. The summed E-state index contributed by atoms with van der Waals surface area (Å²) in [5.74, 6) is -2.80. The predicted octanol–water partition coefficient (Wildman–Crippen LogP) is 7.04. The summed E-state index contributed by atoms with van der Waals surface area (Å²) in [4.78, 5) is 54.9. The highest BCUT2D eigenvalue weighted by Crippen LogP contribution is 2.45. The summed E-state index contributed by atoms with van der Waals surface area (Å²) in [6, 6.07) is 15.5. The standard InChI is InChI=1S/C42H36ClF6N5O8/c1-51-30(20-33(50)42(47,48)49)25-10-13-32(35(37(25)56)23-7-11-28(43)27(19-23)41(44,45)46)62-21-22-5-8-24(9-6-22)61-18-17-60-16-15-52-29-4-2-3-26-36(29)40(59)54(39(26)58)31-12-14-34(55)53-38(31)57/h2-11,13,19-20,31,52,56H,12,14-18,21,50H2,1H3,(H,53,55,57). The Balaban J connectivity index is 1.04. The molecule has 0 radical (unpaired) electrons. The van der Waals surface area contributed by atoms with Crippen LogP contribution in [-0.4, -0.2) is 85.0 Å². The van der Waals surface area contributed by atoms with Crippen molar-refractivity contribution in [2.24, 2.45) is 10.7 Å². The molecule has 4 amide bonds. The average Bonchev–Trinajstić information content (AvgIpc) is 3.47. The first-order valence-corrected chi connectivity index (χ1v) is 19.0. The molecule has 4 aromatic rings. The van der Waals surface area contributed by atoms with E-state index in [9.17, 15) is 50.6 Å². The number of rotatable bonds is 15. The Bertz CT molecular complexity index is 2460. The van der Waals surface area contributed by atoms with Gasteiger partial charge in [0.25, 0.3) is 11.8 Å². The first-order chi connectivity index (χ1) is 29.4. The monoisotopic (exact) mass is 887 g/mol. The molecule has 2 aliphatic rings. The highest BCUT2D eigenvalue weighted by atomic mass is 35.5. The van der Waals surface area contributed by atoms with Gasteiger partial charge in [0.1, 0.15) is 42.2 Å². The molecule has 326 valence electrons. The van der Waals surface area contributed by atoms with Crippen LogP contribution in [0, 0.1) is 0 Å². The van der Waals surface area contributed by atoms with Gasteiger partial charge in [-0.3, -0.25) is 34.4 Å². The molecule has 0 aromatic heterocycles. The van der Waals surface area contributed by atoms with Crippen LogP contribution in [0.15, 0.2) is 89.6 Å².